The third-order valence-corrected chi connectivity index (χ3v) is 11.5. The van der Waals surface area contributed by atoms with Crippen molar-refractivity contribution in [3.05, 3.63) is 35.9 Å². The summed E-state index contributed by atoms with van der Waals surface area (Å²) in [5, 5.41) is 46.2. The molecule has 1 aliphatic heterocycles. The highest BCUT2D eigenvalue weighted by molar-refractivity contribution is 5.99. The first-order valence-electron chi connectivity index (χ1n) is 23.9. The SMILES string of the molecule is CC(C)C[C@H](NC(=O)[C@@H](N)C(C)C)C(=O)N[C@@H](CCC(=O)O)C(=O)N[C@@H](C)C(=O)N[C@@H](CC(N)=O)C(=O)N1CCC[C@H]1C(=O)N[C@@H](CCCN=C(N)N)C(=O)N[C@@H](CO)C(=O)N[C@@H](Cc1ccccc1)C(=O)O. The zero-order valence-electron chi connectivity index (χ0n) is 41.8. The van der Waals surface area contributed by atoms with Crippen molar-refractivity contribution >= 4 is 71.1 Å². The van der Waals surface area contributed by atoms with E-state index in [1.165, 1.54) is 6.92 Å². The molecule has 1 heterocycles. The first kappa shape index (κ1) is 61.7. The number of hydrogen-bond donors (Lipinski definition) is 14. The number of amides is 9. The maximum Gasteiger partial charge on any atom is 0.326 e. The van der Waals surface area contributed by atoms with Crippen LogP contribution in [-0.2, 0) is 59.2 Å². The van der Waals surface area contributed by atoms with Gasteiger partial charge in [-0.1, -0.05) is 58.0 Å². The van der Waals surface area contributed by atoms with Crippen LogP contribution in [0.25, 0.3) is 0 Å². The number of primary amides is 1. The topological polar surface area (TPSA) is 452 Å². The average Bonchev–Trinajstić information content (AvgIpc) is 3.81. The summed E-state index contributed by atoms with van der Waals surface area (Å²) in [6.45, 7) is 7.15. The molecule has 1 aromatic carbocycles. The summed E-state index contributed by atoms with van der Waals surface area (Å²) in [5.41, 5.74) is 22.9. The van der Waals surface area contributed by atoms with Gasteiger partial charge in [0.1, 0.15) is 48.3 Å². The number of aliphatic hydroxyl groups is 1. The van der Waals surface area contributed by atoms with E-state index >= 15 is 0 Å². The summed E-state index contributed by atoms with van der Waals surface area (Å²) < 4.78 is 0. The largest absolute Gasteiger partial charge is 0.481 e. The lowest BCUT2D eigenvalue weighted by molar-refractivity contribution is -0.143. The Bertz CT molecular complexity index is 2140. The van der Waals surface area contributed by atoms with Gasteiger partial charge in [-0.3, -0.25) is 52.9 Å². The Morgan fingerprint density at radius 2 is 1.23 bits per heavy atom. The maximum atomic E-state index is 14.1. The number of carboxylic acids is 2. The molecular weight excluding hydrogens is 959 g/mol. The van der Waals surface area contributed by atoms with Crippen LogP contribution in [0.5, 0.6) is 0 Å². The van der Waals surface area contributed by atoms with Crippen LogP contribution in [-0.4, -0.2) is 165 Å². The van der Waals surface area contributed by atoms with E-state index in [4.69, 9.17) is 22.9 Å². The number of nitrogens with one attached hydrogen (secondary N) is 7. The van der Waals surface area contributed by atoms with Crippen LogP contribution in [0.2, 0.25) is 0 Å². The van der Waals surface area contributed by atoms with Gasteiger partial charge in [0.05, 0.1) is 19.1 Å². The molecule has 0 bridgehead atoms. The Balaban J connectivity index is 2.28. The summed E-state index contributed by atoms with van der Waals surface area (Å²) >= 11 is 0. The number of nitrogens with zero attached hydrogens (tertiary/aromatic N) is 2. The summed E-state index contributed by atoms with van der Waals surface area (Å²) in [6.07, 6.45) is -1.57. The number of carboxylic acid groups (broad SMARTS) is 2. The van der Waals surface area contributed by atoms with E-state index in [0.29, 0.717) is 5.56 Å². The van der Waals surface area contributed by atoms with Crippen LogP contribution in [0.3, 0.4) is 0 Å². The average molecular weight is 1030 g/mol. The van der Waals surface area contributed by atoms with Gasteiger partial charge in [0.2, 0.25) is 53.2 Å². The van der Waals surface area contributed by atoms with E-state index in [-0.39, 0.29) is 69.4 Å². The van der Waals surface area contributed by atoms with Gasteiger partial charge in [0.25, 0.3) is 0 Å². The molecule has 406 valence electrons. The summed E-state index contributed by atoms with van der Waals surface area (Å²) in [5.74, 6) is -11.7. The van der Waals surface area contributed by atoms with Gasteiger partial charge in [-0.05, 0) is 62.8 Å². The number of aliphatic hydroxyl groups excluding tert-OH is 1. The Labute approximate surface area is 422 Å². The van der Waals surface area contributed by atoms with Crippen LogP contribution in [0.4, 0.5) is 0 Å². The van der Waals surface area contributed by atoms with Crippen molar-refractivity contribution in [1.82, 2.24) is 42.1 Å². The van der Waals surface area contributed by atoms with Crippen LogP contribution in [0.15, 0.2) is 35.3 Å². The van der Waals surface area contributed by atoms with Gasteiger partial charge in [0, 0.05) is 25.9 Å². The van der Waals surface area contributed by atoms with Crippen LogP contribution in [0, 0.1) is 11.8 Å². The molecule has 1 fully saturated rings. The molecule has 0 aromatic heterocycles. The first-order chi connectivity index (χ1) is 34.2. The monoisotopic (exact) mass is 1030 g/mol. The minimum atomic E-state index is -1.70. The minimum Gasteiger partial charge on any atom is -0.481 e. The molecule has 1 aromatic rings. The highest BCUT2D eigenvalue weighted by Gasteiger charge is 2.40. The number of hydrogen-bond acceptors (Lipinski definition) is 14. The first-order valence-corrected chi connectivity index (χ1v) is 23.9. The van der Waals surface area contributed by atoms with Crippen molar-refractivity contribution in [1.29, 1.82) is 0 Å². The molecule has 1 aliphatic rings. The number of rotatable bonds is 31. The predicted molar refractivity (Wildman–Crippen MR) is 262 cm³/mol. The van der Waals surface area contributed by atoms with Crippen LogP contribution in [0.1, 0.15) is 91.5 Å². The molecule has 0 spiro atoms. The van der Waals surface area contributed by atoms with E-state index in [9.17, 15) is 68.1 Å². The number of carbonyl (C=O) groups excluding carboxylic acids is 9. The molecule has 73 heavy (non-hydrogen) atoms. The molecule has 1 saturated heterocycles. The summed E-state index contributed by atoms with van der Waals surface area (Å²) in [7, 11) is 0. The van der Waals surface area contributed by atoms with Crippen LogP contribution < -0.4 is 60.2 Å². The minimum absolute atomic E-state index is 0.00270. The standard InChI is InChI=1S/C46H73N13O14/c1-23(2)19-29(55-43(70)36(48)24(3)4)40(67)53-28(15-16-35(62)63)38(65)52-25(5)37(64)56-30(21-34(47)61)44(71)59-18-10-14-33(59)42(69)54-27(13-9-17-51-46(49)50)39(66)58-32(22-60)41(68)57-31(45(72)73)20-26-11-7-6-8-12-26/h6-8,11-12,23-25,27-33,36,60H,9-10,13-22,48H2,1-5H3,(H2,47,61)(H,52,65)(H,53,67)(H,54,69)(H,55,70)(H,56,64)(H,57,68)(H,58,66)(H,62,63)(H,72,73)(H4,49,50,51)/t25-,27-,28-,29-,30-,31-,32-,33-,36-/m0/s1. The van der Waals surface area contributed by atoms with Crippen molar-refractivity contribution in [3.63, 3.8) is 0 Å². The molecule has 2 rings (SSSR count). The number of guanidine groups is 1. The van der Waals surface area contributed by atoms with E-state index in [1.54, 1.807) is 58.0 Å². The zero-order chi connectivity index (χ0) is 55.1. The van der Waals surface area contributed by atoms with Gasteiger partial charge in [-0.25, -0.2) is 4.79 Å². The molecule has 27 nitrogen and oxygen atoms in total. The second-order valence-corrected chi connectivity index (χ2v) is 18.4. The van der Waals surface area contributed by atoms with E-state index in [0.717, 1.165) is 4.90 Å². The normalized spacial score (nSPS) is 16.5. The lowest BCUT2D eigenvalue weighted by Gasteiger charge is -2.30. The molecule has 0 unspecified atom stereocenters. The Kier molecular flexibility index (Phi) is 25.7. The fraction of sp³-hybridized carbons (Fsp3) is 0.609. The molecule has 0 aliphatic carbocycles. The molecule has 18 N–H and O–H groups in total. The highest BCUT2D eigenvalue weighted by Crippen LogP contribution is 2.20. The van der Waals surface area contributed by atoms with Gasteiger partial charge in [-0.2, -0.15) is 0 Å². The molecule has 0 radical (unpaired) electrons. The number of carbonyl (C=O) groups is 11. The number of aliphatic imine (C=N–C) groups is 1. The molecule has 0 saturated carbocycles. The Morgan fingerprint density at radius 3 is 1.79 bits per heavy atom. The number of likely N-dealkylation sites (tertiary alicyclic amines) is 1. The Hall–Kier alpha value is -7.42. The fourth-order valence-corrected chi connectivity index (χ4v) is 7.49. The third kappa shape index (κ3) is 21.5. The van der Waals surface area contributed by atoms with Gasteiger partial charge in [0.15, 0.2) is 5.96 Å². The molecule has 9 atom stereocenters. The lowest BCUT2D eigenvalue weighted by Crippen LogP contribution is -2.60. The van der Waals surface area contributed by atoms with Gasteiger partial charge < -0.3 is 80.4 Å². The van der Waals surface area contributed by atoms with E-state index in [2.05, 4.69) is 42.2 Å². The number of nitrogens with two attached hydrogens (primary N) is 4. The van der Waals surface area contributed by atoms with Crippen molar-refractivity contribution < 1.29 is 68.1 Å². The Morgan fingerprint density at radius 1 is 0.685 bits per heavy atom. The van der Waals surface area contributed by atoms with Crippen molar-refractivity contribution in [2.24, 2.45) is 39.8 Å². The third-order valence-electron chi connectivity index (χ3n) is 11.5. The second kappa shape index (κ2) is 30.5. The van der Waals surface area contributed by atoms with Crippen molar-refractivity contribution in [2.75, 3.05) is 19.7 Å². The van der Waals surface area contributed by atoms with Gasteiger partial charge >= 0.3 is 11.9 Å². The molecule has 27 heteroatoms. The highest BCUT2D eigenvalue weighted by atomic mass is 16.4. The van der Waals surface area contributed by atoms with Crippen molar-refractivity contribution in [3.8, 4) is 0 Å². The van der Waals surface area contributed by atoms with Crippen molar-refractivity contribution in [2.45, 2.75) is 147 Å². The molecular formula is C46H73N13O14. The predicted octanol–water partition coefficient (Wildman–Crippen LogP) is -4.47. The lowest BCUT2D eigenvalue weighted by atomic mass is 10.00. The summed E-state index contributed by atoms with van der Waals surface area (Å²) in [6, 6.07) is -4.34. The number of benzene rings is 1. The second-order valence-electron chi connectivity index (χ2n) is 18.4. The fourth-order valence-electron chi connectivity index (χ4n) is 7.49. The smallest absolute Gasteiger partial charge is 0.326 e. The maximum absolute atomic E-state index is 14.1. The van der Waals surface area contributed by atoms with E-state index < -0.39 is 145 Å². The number of aliphatic carboxylic acids is 2. The summed E-state index contributed by atoms with van der Waals surface area (Å²) in [4.78, 5) is 149. The van der Waals surface area contributed by atoms with Crippen LogP contribution >= 0.6 is 0 Å². The zero-order valence-corrected chi connectivity index (χ0v) is 41.8. The van der Waals surface area contributed by atoms with E-state index in [1.807, 2.05) is 0 Å². The molecule has 9 amide bonds. The quantitative estimate of drug-likeness (QED) is 0.0189. The van der Waals surface area contributed by atoms with Gasteiger partial charge in [-0.15, -0.1) is 0 Å².